The number of rotatable bonds is 6. The molecule has 0 heterocycles. The van der Waals surface area contributed by atoms with Crippen LogP contribution in [-0.2, 0) is 4.79 Å². The largest absolute Gasteiger partial charge is 0.386 e. The topological polar surface area (TPSA) is 49.3 Å². The van der Waals surface area contributed by atoms with Gasteiger partial charge < -0.3 is 10.4 Å². The van der Waals surface area contributed by atoms with Crippen molar-refractivity contribution < 1.29 is 14.3 Å². The number of halogens is 1. The van der Waals surface area contributed by atoms with E-state index in [0.29, 0.717) is 5.57 Å². The van der Waals surface area contributed by atoms with Crippen LogP contribution >= 0.6 is 0 Å². The van der Waals surface area contributed by atoms with Crippen LogP contribution in [0, 0.1) is 5.41 Å². The summed E-state index contributed by atoms with van der Waals surface area (Å²) in [6.07, 6.45) is 11.3. The Labute approximate surface area is 216 Å². The number of nitrogens with one attached hydrogen (secondary N) is 1. The molecule has 1 saturated carbocycles. The number of hydrogen-bond acceptors (Lipinski definition) is 2. The molecule has 0 aromatic rings. The fourth-order valence-electron chi connectivity index (χ4n) is 4.72. The van der Waals surface area contributed by atoms with Gasteiger partial charge in [0.1, 0.15) is 0 Å². The van der Waals surface area contributed by atoms with Gasteiger partial charge >= 0.3 is 0 Å². The number of carbonyl (C=O) groups is 1. The number of carbonyl (C=O) groups excluding carboxylic acids is 1. The van der Waals surface area contributed by atoms with Gasteiger partial charge in [-0.15, -0.1) is 0 Å². The predicted molar refractivity (Wildman–Crippen MR) is 147 cm³/mol. The molecule has 0 aromatic carbocycles. The minimum atomic E-state index is -1.52. The van der Waals surface area contributed by atoms with Gasteiger partial charge in [0, 0.05) is 12.1 Å². The summed E-state index contributed by atoms with van der Waals surface area (Å²) in [5.41, 5.74) is 3.16. The molecule has 2 N–H and O–H groups in total. The lowest BCUT2D eigenvalue weighted by atomic mass is 9.44. The van der Waals surface area contributed by atoms with Crippen LogP contribution in [0.2, 0.25) is 23.3 Å². The van der Waals surface area contributed by atoms with Gasteiger partial charge in [0.25, 0.3) is 0 Å². The van der Waals surface area contributed by atoms with Crippen molar-refractivity contribution in [2.45, 2.75) is 95.5 Å². The second-order valence-corrected chi connectivity index (χ2v) is 11.0. The molecule has 0 bridgehead atoms. The maximum atomic E-state index is 14.1. The molecular weight excluding hydrogens is 433 g/mol. The molecule has 180 valence electrons. The van der Waals surface area contributed by atoms with Crippen LogP contribution in [0.1, 0.15) is 54.4 Å². The Morgan fingerprint density at radius 1 is 1.00 bits per heavy atom. The highest BCUT2D eigenvalue weighted by Crippen LogP contribution is 2.47. The molecule has 2 aliphatic carbocycles. The standard InChI is InChI=1S/C27H36B4FNO2/c1-15(10-11-18-17(3)27(6,35)13-12-26(18,4)5)8-7-9-16(2)14-19(34)33-25-22(30)20(28)24(32)21(29)23(25)31/h7-11,14,20-25,35H,12-13H2,1-6H3,(H,33,34)/b9-7+,11-10+,15-8+,16-14+. The molecule has 2 aliphatic rings. The maximum absolute atomic E-state index is 14.1. The summed E-state index contributed by atoms with van der Waals surface area (Å²) in [5.74, 6) is -4.05. The van der Waals surface area contributed by atoms with Crippen LogP contribution in [0.5, 0.6) is 0 Å². The molecule has 3 nitrogen and oxygen atoms in total. The van der Waals surface area contributed by atoms with Crippen molar-refractivity contribution in [3.05, 3.63) is 58.7 Å². The number of hydrogen-bond donors (Lipinski definition) is 2. The smallest absolute Gasteiger partial charge is 0.244 e. The van der Waals surface area contributed by atoms with Crippen LogP contribution in [0.4, 0.5) is 4.39 Å². The Balaban J connectivity index is 2.04. The highest BCUT2D eigenvalue weighted by Gasteiger charge is 2.42. The third kappa shape index (κ3) is 7.18. The zero-order chi connectivity index (χ0) is 26.7. The van der Waals surface area contributed by atoms with E-state index in [4.69, 9.17) is 31.4 Å². The average Bonchev–Trinajstić information content (AvgIpc) is 2.77. The van der Waals surface area contributed by atoms with Crippen LogP contribution in [0.25, 0.3) is 0 Å². The fraction of sp³-hybridized carbons (Fsp3) is 0.593. The SMILES string of the molecule is [B]C1C([B])C(NC(=O)/C=C(C)/C=C/C=C(C)/C=C/C2=C(C)C(C)(O)CCC2(C)C)C([B])C([B])C1F. The molecular formula is C27H36B4FNO2. The van der Waals surface area contributed by atoms with Crippen molar-refractivity contribution in [2.24, 2.45) is 5.41 Å². The van der Waals surface area contributed by atoms with Crippen LogP contribution < -0.4 is 5.32 Å². The zero-order valence-electron chi connectivity index (χ0n) is 21.9. The van der Waals surface area contributed by atoms with Gasteiger partial charge in [0.15, 0.2) is 0 Å². The van der Waals surface area contributed by atoms with Gasteiger partial charge in [-0.05, 0) is 62.7 Å². The Morgan fingerprint density at radius 3 is 2.14 bits per heavy atom. The predicted octanol–water partition coefficient (Wildman–Crippen LogP) is 4.54. The molecule has 0 spiro atoms. The zero-order valence-corrected chi connectivity index (χ0v) is 21.9. The van der Waals surface area contributed by atoms with Gasteiger partial charge in [0.2, 0.25) is 5.91 Å². The van der Waals surface area contributed by atoms with Crippen molar-refractivity contribution >= 4 is 37.3 Å². The molecule has 2 rings (SSSR count). The van der Waals surface area contributed by atoms with Crippen molar-refractivity contribution in [2.75, 3.05) is 0 Å². The first kappa shape index (κ1) is 29.5. The third-order valence-corrected chi connectivity index (χ3v) is 7.53. The Morgan fingerprint density at radius 2 is 1.57 bits per heavy atom. The van der Waals surface area contributed by atoms with Crippen molar-refractivity contribution in [3.63, 3.8) is 0 Å². The van der Waals surface area contributed by atoms with Crippen LogP contribution in [-0.4, -0.2) is 60.2 Å². The first-order valence-electron chi connectivity index (χ1n) is 12.2. The summed E-state index contributed by atoms with van der Waals surface area (Å²) in [7, 11) is 23.6. The summed E-state index contributed by atoms with van der Waals surface area (Å²) in [6.45, 7) is 12.1. The molecule has 35 heavy (non-hydrogen) atoms. The van der Waals surface area contributed by atoms with Crippen molar-refractivity contribution in [3.8, 4) is 0 Å². The Bertz CT molecular complexity index is 935. The van der Waals surface area contributed by atoms with Crippen LogP contribution in [0.15, 0.2) is 58.7 Å². The molecule has 8 heteroatoms. The van der Waals surface area contributed by atoms with Gasteiger partial charge in [-0.1, -0.05) is 73.1 Å². The second-order valence-electron chi connectivity index (χ2n) is 11.0. The first-order chi connectivity index (χ1) is 16.1. The average molecular weight is 469 g/mol. The van der Waals surface area contributed by atoms with Gasteiger partial charge in [-0.25, -0.2) is 4.39 Å². The van der Waals surface area contributed by atoms with Crippen LogP contribution in [0.3, 0.4) is 0 Å². The van der Waals surface area contributed by atoms with Gasteiger partial charge in [-0.3, -0.25) is 4.79 Å². The van der Waals surface area contributed by atoms with E-state index in [1.54, 1.807) is 6.92 Å². The minimum Gasteiger partial charge on any atom is -0.386 e. The highest BCUT2D eigenvalue weighted by atomic mass is 19.1. The van der Waals surface area contributed by atoms with E-state index in [1.165, 1.54) is 6.08 Å². The molecule has 0 saturated heterocycles. The fourth-order valence-corrected chi connectivity index (χ4v) is 4.72. The molecule has 8 radical (unpaired) electrons. The Kier molecular flexibility index (Phi) is 9.78. The normalized spacial score (nSPS) is 36.7. The van der Waals surface area contributed by atoms with E-state index in [-0.39, 0.29) is 5.41 Å². The molecule has 0 aliphatic heterocycles. The monoisotopic (exact) mass is 469 g/mol. The van der Waals surface area contributed by atoms with E-state index < -0.39 is 47.0 Å². The highest BCUT2D eigenvalue weighted by molar-refractivity contribution is 6.27. The molecule has 0 aromatic heterocycles. The van der Waals surface area contributed by atoms with Gasteiger partial charge in [-0.2, -0.15) is 0 Å². The molecule has 1 fully saturated rings. The lowest BCUT2D eigenvalue weighted by molar-refractivity contribution is -0.117. The van der Waals surface area contributed by atoms with E-state index >= 15 is 0 Å². The maximum Gasteiger partial charge on any atom is 0.244 e. The summed E-state index contributed by atoms with van der Waals surface area (Å²) >= 11 is 0. The number of amides is 1. The summed E-state index contributed by atoms with van der Waals surface area (Å²) < 4.78 is 14.1. The second kappa shape index (κ2) is 11.6. The van der Waals surface area contributed by atoms with Crippen molar-refractivity contribution in [1.82, 2.24) is 5.32 Å². The number of alkyl halides is 1. The molecule has 1 amide bonds. The summed E-state index contributed by atoms with van der Waals surface area (Å²) in [6, 6.07) is -0.720. The number of aliphatic hydroxyl groups is 1. The van der Waals surface area contributed by atoms with E-state index in [9.17, 15) is 14.3 Å². The lowest BCUT2D eigenvalue weighted by Crippen LogP contribution is -2.49. The molecule has 5 atom stereocenters. The third-order valence-electron chi connectivity index (χ3n) is 7.53. The van der Waals surface area contributed by atoms with E-state index in [0.717, 1.165) is 29.6 Å². The lowest BCUT2D eigenvalue weighted by Gasteiger charge is -2.46. The molecule has 5 unspecified atom stereocenters. The summed E-state index contributed by atoms with van der Waals surface area (Å²) in [4.78, 5) is 12.5. The Hall–Kier alpha value is -1.68. The van der Waals surface area contributed by atoms with E-state index in [1.807, 2.05) is 45.1 Å². The number of allylic oxidation sites excluding steroid dienone is 8. The first-order valence-corrected chi connectivity index (χ1v) is 12.2. The minimum absolute atomic E-state index is 0.00792. The van der Waals surface area contributed by atoms with E-state index in [2.05, 4.69) is 25.2 Å². The van der Waals surface area contributed by atoms with Gasteiger partial charge in [0.05, 0.1) is 43.2 Å². The van der Waals surface area contributed by atoms with Crippen molar-refractivity contribution in [1.29, 1.82) is 0 Å². The summed E-state index contributed by atoms with van der Waals surface area (Å²) in [5, 5.41) is 13.4. The quantitative estimate of drug-likeness (QED) is 0.341.